The van der Waals surface area contributed by atoms with Crippen molar-refractivity contribution in [3.63, 3.8) is 0 Å². The number of rotatable bonds is 1. The van der Waals surface area contributed by atoms with Gasteiger partial charge in [-0.3, -0.25) is 4.79 Å². The number of likely N-dealkylation sites (tertiary alicyclic amines) is 1. The molecule has 1 aliphatic heterocycles. The maximum absolute atomic E-state index is 13.0. The number of carbonyl (C=O) groups is 1. The van der Waals surface area contributed by atoms with Gasteiger partial charge in [0.2, 0.25) is 0 Å². The Kier molecular flexibility index (Phi) is 3.35. The summed E-state index contributed by atoms with van der Waals surface area (Å²) >= 11 is 5.89. The first kappa shape index (κ1) is 14.3. The highest BCUT2D eigenvalue weighted by atomic mass is 35.5. The topological polar surface area (TPSA) is 40.5 Å². The van der Waals surface area contributed by atoms with Gasteiger partial charge in [-0.25, -0.2) is 4.39 Å². The smallest absolute Gasteiger partial charge is 0.255 e. The Hall–Kier alpha value is -1.13. The fraction of sp³-hybridized carbons (Fsp3) is 0.500. The Balaban J connectivity index is 2.27. The zero-order valence-corrected chi connectivity index (χ0v) is 12.0. The second-order valence-electron chi connectivity index (χ2n) is 5.94. The van der Waals surface area contributed by atoms with Gasteiger partial charge in [0.1, 0.15) is 5.82 Å². The summed E-state index contributed by atoms with van der Waals surface area (Å²) in [6.07, 6.45) is 0. The monoisotopic (exact) mass is 285 g/mol. The third kappa shape index (κ3) is 2.47. The van der Waals surface area contributed by atoms with Crippen LogP contribution in [0.5, 0.6) is 0 Å². The van der Waals surface area contributed by atoms with Gasteiger partial charge < -0.3 is 10.0 Å². The summed E-state index contributed by atoms with van der Waals surface area (Å²) in [5.74, 6) is -0.758. The minimum absolute atomic E-state index is 0.0920. The van der Waals surface area contributed by atoms with Crippen LogP contribution in [0.4, 0.5) is 4.39 Å². The number of nitrogens with zero attached hydrogens (tertiary/aromatic N) is 1. The van der Waals surface area contributed by atoms with Crippen LogP contribution >= 0.6 is 11.6 Å². The van der Waals surface area contributed by atoms with Gasteiger partial charge in [-0.1, -0.05) is 25.4 Å². The van der Waals surface area contributed by atoms with Gasteiger partial charge in [0.05, 0.1) is 22.7 Å². The van der Waals surface area contributed by atoms with E-state index in [9.17, 15) is 14.3 Å². The van der Waals surface area contributed by atoms with Crippen LogP contribution in [0.3, 0.4) is 0 Å². The fourth-order valence-corrected chi connectivity index (χ4v) is 2.51. The predicted molar refractivity (Wildman–Crippen MR) is 71.7 cm³/mol. The van der Waals surface area contributed by atoms with Crippen molar-refractivity contribution in [2.45, 2.75) is 26.4 Å². The lowest BCUT2D eigenvalue weighted by Gasteiger charge is -2.30. The van der Waals surface area contributed by atoms with E-state index in [4.69, 9.17) is 11.6 Å². The minimum atomic E-state index is -0.949. The van der Waals surface area contributed by atoms with Crippen LogP contribution in [0, 0.1) is 11.2 Å². The minimum Gasteiger partial charge on any atom is -0.388 e. The van der Waals surface area contributed by atoms with E-state index in [1.165, 1.54) is 12.1 Å². The number of β-amino-alcohol motifs (C(OH)–C–C–N with tert-alkyl or cyclic N) is 1. The molecule has 1 aromatic rings. The molecule has 0 spiro atoms. The van der Waals surface area contributed by atoms with E-state index < -0.39 is 16.8 Å². The maximum Gasteiger partial charge on any atom is 0.255 e. The molecule has 19 heavy (non-hydrogen) atoms. The SMILES string of the molecule is CC1(C)CN(C(=O)c2ccc(F)cc2Cl)C[C@@]1(C)O. The summed E-state index contributed by atoms with van der Waals surface area (Å²) < 4.78 is 13.0. The quantitative estimate of drug-likeness (QED) is 0.862. The third-order valence-electron chi connectivity index (χ3n) is 3.99. The van der Waals surface area contributed by atoms with Gasteiger partial charge >= 0.3 is 0 Å². The zero-order valence-electron chi connectivity index (χ0n) is 11.2. The number of halogens is 2. The Morgan fingerprint density at radius 3 is 2.47 bits per heavy atom. The summed E-state index contributed by atoms with van der Waals surface area (Å²) in [5, 5.41) is 10.4. The summed E-state index contributed by atoms with van der Waals surface area (Å²) in [6, 6.07) is 3.70. The second kappa shape index (κ2) is 4.46. The maximum atomic E-state index is 13.0. The van der Waals surface area contributed by atoms with E-state index in [1.54, 1.807) is 11.8 Å². The van der Waals surface area contributed by atoms with Gasteiger partial charge in [0.15, 0.2) is 0 Å². The van der Waals surface area contributed by atoms with Gasteiger partial charge in [0, 0.05) is 12.0 Å². The molecule has 1 saturated heterocycles. The summed E-state index contributed by atoms with van der Waals surface area (Å²) in [4.78, 5) is 13.9. The highest BCUT2D eigenvalue weighted by molar-refractivity contribution is 6.33. The molecule has 1 fully saturated rings. The molecular formula is C14H17ClFNO2. The Bertz CT molecular complexity index is 512. The predicted octanol–water partition coefficient (Wildman–Crippen LogP) is 2.71. The molecule has 1 N–H and O–H groups in total. The molecule has 2 rings (SSSR count). The molecule has 3 nitrogen and oxygen atoms in total. The molecule has 0 radical (unpaired) electrons. The lowest BCUT2D eigenvalue weighted by Crippen LogP contribution is -2.40. The largest absolute Gasteiger partial charge is 0.388 e. The van der Waals surface area contributed by atoms with Crippen molar-refractivity contribution in [1.82, 2.24) is 4.90 Å². The third-order valence-corrected chi connectivity index (χ3v) is 4.30. The number of aliphatic hydroxyl groups is 1. The highest BCUT2D eigenvalue weighted by Crippen LogP contribution is 2.39. The number of carbonyl (C=O) groups excluding carboxylic acids is 1. The molecule has 1 amide bonds. The summed E-state index contributed by atoms with van der Waals surface area (Å²) in [7, 11) is 0. The van der Waals surface area contributed by atoms with Crippen molar-refractivity contribution in [2.75, 3.05) is 13.1 Å². The van der Waals surface area contributed by atoms with Crippen molar-refractivity contribution in [1.29, 1.82) is 0 Å². The van der Waals surface area contributed by atoms with E-state index in [1.807, 2.05) is 13.8 Å². The Labute approximate surface area is 117 Å². The van der Waals surface area contributed by atoms with Crippen LogP contribution in [0.15, 0.2) is 18.2 Å². The molecule has 1 aliphatic rings. The van der Waals surface area contributed by atoms with Crippen molar-refractivity contribution < 1.29 is 14.3 Å². The van der Waals surface area contributed by atoms with Crippen LogP contribution in [0.25, 0.3) is 0 Å². The van der Waals surface area contributed by atoms with Crippen molar-refractivity contribution in [2.24, 2.45) is 5.41 Å². The van der Waals surface area contributed by atoms with Crippen molar-refractivity contribution in [3.05, 3.63) is 34.6 Å². The molecule has 0 saturated carbocycles. The molecule has 1 heterocycles. The number of hydrogen-bond donors (Lipinski definition) is 1. The molecule has 1 atom stereocenters. The van der Waals surface area contributed by atoms with E-state index >= 15 is 0 Å². The lowest BCUT2D eigenvalue weighted by atomic mass is 9.79. The van der Waals surface area contributed by atoms with Crippen molar-refractivity contribution in [3.8, 4) is 0 Å². The first-order valence-corrected chi connectivity index (χ1v) is 6.48. The van der Waals surface area contributed by atoms with Crippen molar-refractivity contribution >= 4 is 17.5 Å². The first-order chi connectivity index (χ1) is 8.64. The fourth-order valence-electron chi connectivity index (χ4n) is 2.27. The molecule has 1 aromatic carbocycles. The molecule has 0 aliphatic carbocycles. The van der Waals surface area contributed by atoms with Crippen LogP contribution < -0.4 is 0 Å². The number of amides is 1. The molecule has 0 unspecified atom stereocenters. The Morgan fingerprint density at radius 2 is 2.00 bits per heavy atom. The van der Waals surface area contributed by atoms with E-state index in [0.717, 1.165) is 6.07 Å². The lowest BCUT2D eigenvalue weighted by molar-refractivity contribution is -0.0108. The number of hydrogen-bond acceptors (Lipinski definition) is 2. The molecule has 104 valence electrons. The average Bonchev–Trinajstić information content (AvgIpc) is 2.47. The normalized spacial score (nSPS) is 25.7. The standard InChI is InChI=1S/C14H17ClFNO2/c1-13(2)7-17(8-14(13,3)19)12(18)10-5-4-9(16)6-11(10)15/h4-6,19H,7-8H2,1-3H3/t14-/m1/s1. The van der Waals surface area contributed by atoms with E-state index in [2.05, 4.69) is 0 Å². The number of benzene rings is 1. The van der Waals surface area contributed by atoms with Crippen LogP contribution in [-0.4, -0.2) is 34.6 Å². The molecule has 5 heteroatoms. The van der Waals surface area contributed by atoms with Gasteiger partial charge in [0.25, 0.3) is 5.91 Å². The summed E-state index contributed by atoms with van der Waals surface area (Å²) in [5.41, 5.74) is -1.08. The van der Waals surface area contributed by atoms with Crippen LogP contribution in [-0.2, 0) is 0 Å². The second-order valence-corrected chi connectivity index (χ2v) is 6.35. The first-order valence-electron chi connectivity index (χ1n) is 6.11. The van der Waals surface area contributed by atoms with E-state index in [0.29, 0.717) is 6.54 Å². The van der Waals surface area contributed by atoms with Gasteiger partial charge in [-0.2, -0.15) is 0 Å². The molecule has 0 bridgehead atoms. The zero-order chi connectivity index (χ0) is 14.4. The highest BCUT2D eigenvalue weighted by Gasteiger charge is 2.49. The summed E-state index contributed by atoms with van der Waals surface area (Å²) in [6.45, 7) is 6.21. The van der Waals surface area contributed by atoms with Crippen LogP contribution in [0.2, 0.25) is 5.02 Å². The molecule has 0 aromatic heterocycles. The van der Waals surface area contributed by atoms with Gasteiger partial charge in [-0.15, -0.1) is 0 Å². The van der Waals surface area contributed by atoms with Crippen LogP contribution in [0.1, 0.15) is 31.1 Å². The Morgan fingerprint density at radius 1 is 1.37 bits per heavy atom. The van der Waals surface area contributed by atoms with E-state index in [-0.39, 0.29) is 23.0 Å². The molecular weight excluding hydrogens is 269 g/mol. The average molecular weight is 286 g/mol. The van der Waals surface area contributed by atoms with Gasteiger partial charge in [-0.05, 0) is 25.1 Å².